The van der Waals surface area contributed by atoms with E-state index < -0.39 is 0 Å². The third-order valence-electron chi connectivity index (χ3n) is 4.03. The highest BCUT2D eigenvalue weighted by Gasteiger charge is 2.20. The van der Waals surface area contributed by atoms with Crippen molar-refractivity contribution in [2.75, 3.05) is 0 Å². The zero-order chi connectivity index (χ0) is 14.1. The van der Waals surface area contributed by atoms with Crippen LogP contribution in [0.1, 0.15) is 0 Å². The summed E-state index contributed by atoms with van der Waals surface area (Å²) in [6.07, 6.45) is 3.36. The molecule has 102 valence electrons. The molecule has 0 bridgehead atoms. The van der Waals surface area contributed by atoms with E-state index in [1.165, 1.54) is 0 Å². The number of aromatic amines is 2. The minimum atomic E-state index is -0.0554. The number of imidazole rings is 1. The highest BCUT2D eigenvalue weighted by atomic mass is 16.3. The fourth-order valence-corrected chi connectivity index (χ4v) is 3.19. The summed E-state index contributed by atoms with van der Waals surface area (Å²) in [6.45, 7) is 0. The van der Waals surface area contributed by atoms with Crippen LogP contribution in [-0.2, 0) is 0 Å². The summed E-state index contributed by atoms with van der Waals surface area (Å²) in [5.41, 5.74) is 2.54. The Morgan fingerprint density at radius 1 is 0.952 bits per heavy atom. The van der Waals surface area contributed by atoms with Gasteiger partial charge in [-0.25, -0.2) is 4.98 Å². The molecule has 0 fully saturated rings. The summed E-state index contributed by atoms with van der Waals surface area (Å²) in [4.78, 5) is 10.1. The number of hydrogen-bond acceptors (Lipinski definition) is 3. The standard InChI is InChI=1S/C15H10N4O2/c20-14-11-9-5-16-6-19(9)13-10(12(11)15(21)18-14)7-3-1-2-4-8(7)17-13/h1-6,17-18,20-21H. The lowest BCUT2D eigenvalue weighted by Gasteiger charge is -2.01. The quantitative estimate of drug-likeness (QED) is 0.351. The molecule has 5 rings (SSSR count). The van der Waals surface area contributed by atoms with Gasteiger partial charge in [0.05, 0.1) is 22.5 Å². The van der Waals surface area contributed by atoms with Crippen LogP contribution in [0.4, 0.5) is 0 Å². The van der Waals surface area contributed by atoms with E-state index in [-0.39, 0.29) is 11.8 Å². The van der Waals surface area contributed by atoms with Crippen molar-refractivity contribution in [1.82, 2.24) is 19.4 Å². The fourth-order valence-electron chi connectivity index (χ4n) is 3.19. The minimum absolute atomic E-state index is 0.0408. The first-order valence-corrected chi connectivity index (χ1v) is 6.54. The van der Waals surface area contributed by atoms with E-state index in [0.29, 0.717) is 10.8 Å². The molecule has 0 aliphatic heterocycles. The van der Waals surface area contributed by atoms with E-state index >= 15 is 0 Å². The average molecular weight is 278 g/mol. The van der Waals surface area contributed by atoms with Crippen LogP contribution >= 0.6 is 0 Å². The Kier molecular flexibility index (Phi) is 1.66. The van der Waals surface area contributed by atoms with E-state index in [1.54, 1.807) is 12.5 Å². The van der Waals surface area contributed by atoms with Crippen LogP contribution in [0.5, 0.6) is 11.8 Å². The molecular formula is C15H10N4O2. The number of pyridine rings is 1. The highest BCUT2D eigenvalue weighted by Crippen LogP contribution is 2.42. The van der Waals surface area contributed by atoms with Crippen molar-refractivity contribution >= 4 is 38.2 Å². The number of fused-ring (bicyclic) bond motifs is 8. The van der Waals surface area contributed by atoms with Gasteiger partial charge in [0.25, 0.3) is 0 Å². The monoisotopic (exact) mass is 278 g/mol. The minimum Gasteiger partial charge on any atom is -0.494 e. The van der Waals surface area contributed by atoms with Crippen LogP contribution in [0.2, 0.25) is 0 Å². The molecule has 4 heterocycles. The molecule has 5 aromatic rings. The van der Waals surface area contributed by atoms with Gasteiger partial charge < -0.3 is 15.2 Å². The lowest BCUT2D eigenvalue weighted by molar-refractivity contribution is 0.429. The number of aromatic nitrogens is 4. The van der Waals surface area contributed by atoms with Crippen molar-refractivity contribution in [3.8, 4) is 11.8 Å². The number of para-hydroxylation sites is 1. The van der Waals surface area contributed by atoms with E-state index in [9.17, 15) is 10.2 Å². The van der Waals surface area contributed by atoms with Gasteiger partial charge >= 0.3 is 0 Å². The van der Waals surface area contributed by atoms with Gasteiger partial charge in [0, 0.05) is 16.3 Å². The van der Waals surface area contributed by atoms with Crippen LogP contribution in [0.15, 0.2) is 36.8 Å². The SMILES string of the molecule is Oc1[nH]c(O)c2c1c1c3ccccc3[nH]c1n1cncc21. The van der Waals surface area contributed by atoms with Crippen LogP contribution in [-0.4, -0.2) is 29.6 Å². The molecule has 0 aliphatic rings. The van der Waals surface area contributed by atoms with Gasteiger partial charge in [-0.1, -0.05) is 18.2 Å². The molecule has 4 aromatic heterocycles. The number of H-pyrrole nitrogens is 2. The Hall–Kier alpha value is -3.15. The summed E-state index contributed by atoms with van der Waals surface area (Å²) in [6, 6.07) is 7.87. The van der Waals surface area contributed by atoms with Crippen molar-refractivity contribution in [2.45, 2.75) is 0 Å². The summed E-state index contributed by atoms with van der Waals surface area (Å²) in [5.74, 6) is -0.0962. The van der Waals surface area contributed by atoms with Gasteiger partial charge in [-0.2, -0.15) is 0 Å². The molecule has 6 nitrogen and oxygen atoms in total. The first-order valence-electron chi connectivity index (χ1n) is 6.54. The molecule has 0 aliphatic carbocycles. The fraction of sp³-hybridized carbons (Fsp3) is 0. The van der Waals surface area contributed by atoms with Gasteiger partial charge in [0.15, 0.2) is 5.88 Å². The van der Waals surface area contributed by atoms with Crippen molar-refractivity contribution in [3.05, 3.63) is 36.8 Å². The van der Waals surface area contributed by atoms with Crippen LogP contribution < -0.4 is 0 Å². The maximum Gasteiger partial charge on any atom is 0.201 e. The number of rotatable bonds is 0. The average Bonchev–Trinajstić information content (AvgIpc) is 3.14. The van der Waals surface area contributed by atoms with Crippen molar-refractivity contribution in [3.63, 3.8) is 0 Å². The maximum absolute atomic E-state index is 10.2. The number of nitrogens with zero attached hydrogens (tertiary/aromatic N) is 2. The first-order chi connectivity index (χ1) is 10.3. The summed E-state index contributed by atoms with van der Waals surface area (Å²) in [7, 11) is 0. The predicted octanol–water partition coefficient (Wildman–Crippen LogP) is 2.86. The molecule has 0 saturated heterocycles. The third kappa shape index (κ3) is 1.11. The Labute approximate surface area is 117 Å². The molecule has 4 N–H and O–H groups in total. The number of benzene rings is 1. The molecule has 0 spiro atoms. The molecule has 0 atom stereocenters. The zero-order valence-corrected chi connectivity index (χ0v) is 10.8. The highest BCUT2D eigenvalue weighted by molar-refractivity contribution is 6.25. The molecule has 1 aromatic carbocycles. The van der Waals surface area contributed by atoms with E-state index in [0.717, 1.165) is 27.5 Å². The second kappa shape index (κ2) is 3.29. The molecule has 0 saturated carbocycles. The van der Waals surface area contributed by atoms with Gasteiger partial charge in [-0.3, -0.25) is 9.38 Å². The summed E-state index contributed by atoms with van der Waals surface area (Å²) in [5, 5.41) is 23.3. The summed E-state index contributed by atoms with van der Waals surface area (Å²) >= 11 is 0. The summed E-state index contributed by atoms with van der Waals surface area (Å²) < 4.78 is 1.88. The van der Waals surface area contributed by atoms with E-state index in [4.69, 9.17) is 0 Å². The second-order valence-corrected chi connectivity index (χ2v) is 5.12. The van der Waals surface area contributed by atoms with Gasteiger partial charge in [-0.15, -0.1) is 0 Å². The molecule has 0 radical (unpaired) electrons. The van der Waals surface area contributed by atoms with E-state index in [1.807, 2.05) is 28.7 Å². The zero-order valence-electron chi connectivity index (χ0n) is 10.8. The lowest BCUT2D eigenvalue weighted by atomic mass is 10.1. The normalized spacial score (nSPS) is 12.2. The van der Waals surface area contributed by atoms with Crippen molar-refractivity contribution < 1.29 is 10.2 Å². The van der Waals surface area contributed by atoms with Crippen molar-refractivity contribution in [1.29, 1.82) is 0 Å². The number of aromatic hydroxyl groups is 2. The topological polar surface area (TPSA) is 89.3 Å². The Bertz CT molecular complexity index is 1160. The lowest BCUT2D eigenvalue weighted by Crippen LogP contribution is -1.86. The molecule has 21 heavy (non-hydrogen) atoms. The van der Waals surface area contributed by atoms with Crippen LogP contribution in [0.3, 0.4) is 0 Å². The van der Waals surface area contributed by atoms with Crippen LogP contribution in [0, 0.1) is 0 Å². The largest absolute Gasteiger partial charge is 0.494 e. The predicted molar refractivity (Wildman–Crippen MR) is 79.7 cm³/mol. The molecular weight excluding hydrogens is 268 g/mol. The molecule has 0 unspecified atom stereocenters. The maximum atomic E-state index is 10.2. The van der Waals surface area contributed by atoms with Gasteiger partial charge in [0.2, 0.25) is 5.88 Å². The molecule has 0 amide bonds. The smallest absolute Gasteiger partial charge is 0.201 e. The Morgan fingerprint density at radius 2 is 1.76 bits per heavy atom. The van der Waals surface area contributed by atoms with Crippen LogP contribution in [0.25, 0.3) is 38.2 Å². The van der Waals surface area contributed by atoms with Gasteiger partial charge in [0.1, 0.15) is 12.0 Å². The number of hydrogen-bond donors (Lipinski definition) is 4. The Morgan fingerprint density at radius 3 is 2.67 bits per heavy atom. The van der Waals surface area contributed by atoms with Gasteiger partial charge in [-0.05, 0) is 6.07 Å². The number of nitrogens with one attached hydrogen (secondary N) is 2. The first kappa shape index (κ1) is 10.6. The van der Waals surface area contributed by atoms with Crippen molar-refractivity contribution in [2.24, 2.45) is 0 Å². The van der Waals surface area contributed by atoms with E-state index in [2.05, 4.69) is 15.0 Å². The Balaban J connectivity index is 2.29. The molecule has 6 heteroatoms. The second-order valence-electron chi connectivity index (χ2n) is 5.12. The third-order valence-corrected chi connectivity index (χ3v) is 4.03.